The van der Waals surface area contributed by atoms with Crippen molar-refractivity contribution >= 4 is 24.2 Å². The zero-order chi connectivity index (χ0) is 19.2. The first kappa shape index (κ1) is 21.7. The lowest BCUT2D eigenvalue weighted by atomic mass is 9.94. The average molecular weight is 408 g/mol. The van der Waals surface area contributed by atoms with Crippen molar-refractivity contribution in [3.63, 3.8) is 0 Å². The lowest BCUT2D eigenvalue weighted by Crippen LogP contribution is -2.50. The molecule has 150 valence electrons. The zero-order valence-electron chi connectivity index (χ0n) is 15.4. The second-order valence-electron chi connectivity index (χ2n) is 6.61. The maximum Gasteiger partial charge on any atom is 0.272 e. The van der Waals surface area contributed by atoms with E-state index in [1.807, 2.05) is 0 Å². The molecule has 0 saturated carbocycles. The van der Waals surface area contributed by atoms with Gasteiger partial charge in [0.2, 0.25) is 0 Å². The van der Waals surface area contributed by atoms with E-state index >= 15 is 0 Å². The minimum Gasteiger partial charge on any atom is -0.347 e. The van der Waals surface area contributed by atoms with Crippen LogP contribution in [0.15, 0.2) is 36.7 Å². The van der Waals surface area contributed by atoms with Gasteiger partial charge in [-0.15, -0.1) is 12.4 Å². The van der Waals surface area contributed by atoms with E-state index in [2.05, 4.69) is 32.8 Å². The summed E-state index contributed by atoms with van der Waals surface area (Å²) in [5.74, 6) is -0.935. The SMILES string of the molecule is CC1CCNCC1NC(=O)c1nccnc1C(=O)NCc1ccc(F)cc1.Cl. The first-order valence-corrected chi connectivity index (χ1v) is 8.90. The largest absolute Gasteiger partial charge is 0.347 e. The summed E-state index contributed by atoms with van der Waals surface area (Å²) in [6.07, 6.45) is 3.72. The smallest absolute Gasteiger partial charge is 0.272 e. The molecule has 1 saturated heterocycles. The van der Waals surface area contributed by atoms with E-state index in [0.717, 1.165) is 18.5 Å². The molecule has 1 aliphatic heterocycles. The molecular formula is C19H23ClFN5O2. The van der Waals surface area contributed by atoms with Crippen LogP contribution in [0.3, 0.4) is 0 Å². The number of hydrogen-bond donors (Lipinski definition) is 3. The summed E-state index contributed by atoms with van der Waals surface area (Å²) in [6.45, 7) is 3.88. The number of carbonyl (C=O) groups excluding carboxylic acids is 2. The molecule has 0 radical (unpaired) electrons. The second kappa shape index (κ2) is 10.1. The van der Waals surface area contributed by atoms with Gasteiger partial charge in [0.1, 0.15) is 5.82 Å². The first-order valence-electron chi connectivity index (χ1n) is 8.90. The maximum atomic E-state index is 13.0. The van der Waals surface area contributed by atoms with Crippen molar-refractivity contribution in [1.29, 1.82) is 0 Å². The van der Waals surface area contributed by atoms with Gasteiger partial charge >= 0.3 is 0 Å². The van der Waals surface area contributed by atoms with Crippen molar-refractivity contribution in [2.24, 2.45) is 5.92 Å². The maximum absolute atomic E-state index is 13.0. The Morgan fingerprint density at radius 1 is 1.14 bits per heavy atom. The van der Waals surface area contributed by atoms with Crippen LogP contribution in [0.1, 0.15) is 39.9 Å². The van der Waals surface area contributed by atoms with Crippen molar-refractivity contribution in [3.05, 3.63) is 59.4 Å². The Hall–Kier alpha value is -2.58. The number of carbonyl (C=O) groups is 2. The van der Waals surface area contributed by atoms with Crippen LogP contribution in [0, 0.1) is 11.7 Å². The molecule has 1 aromatic carbocycles. The van der Waals surface area contributed by atoms with Crippen molar-refractivity contribution in [1.82, 2.24) is 25.9 Å². The van der Waals surface area contributed by atoms with Crippen LogP contribution < -0.4 is 16.0 Å². The summed E-state index contributed by atoms with van der Waals surface area (Å²) in [7, 11) is 0. The molecule has 3 N–H and O–H groups in total. The van der Waals surface area contributed by atoms with Gasteiger partial charge in [0.05, 0.1) is 0 Å². The van der Waals surface area contributed by atoms with Crippen LogP contribution >= 0.6 is 12.4 Å². The van der Waals surface area contributed by atoms with E-state index in [1.165, 1.54) is 24.5 Å². The van der Waals surface area contributed by atoms with Crippen molar-refractivity contribution in [3.8, 4) is 0 Å². The molecule has 2 unspecified atom stereocenters. The summed E-state index contributed by atoms with van der Waals surface area (Å²) >= 11 is 0. The highest BCUT2D eigenvalue weighted by Gasteiger charge is 2.26. The van der Waals surface area contributed by atoms with Crippen LogP contribution in [0.5, 0.6) is 0 Å². The molecule has 0 spiro atoms. The number of halogens is 2. The van der Waals surface area contributed by atoms with E-state index < -0.39 is 11.8 Å². The minimum atomic E-state index is -0.507. The predicted octanol–water partition coefficient (Wildman–Crippen LogP) is 1.70. The zero-order valence-corrected chi connectivity index (χ0v) is 16.3. The predicted molar refractivity (Wildman–Crippen MR) is 105 cm³/mol. The van der Waals surface area contributed by atoms with Gasteiger partial charge in [-0.3, -0.25) is 9.59 Å². The molecule has 0 bridgehead atoms. The van der Waals surface area contributed by atoms with Gasteiger partial charge in [-0.25, -0.2) is 14.4 Å². The molecule has 2 amide bonds. The molecule has 2 atom stereocenters. The number of aromatic nitrogens is 2. The normalized spacial score (nSPS) is 18.6. The fourth-order valence-corrected chi connectivity index (χ4v) is 2.96. The lowest BCUT2D eigenvalue weighted by Gasteiger charge is -2.30. The molecular weight excluding hydrogens is 385 g/mol. The van der Waals surface area contributed by atoms with Crippen molar-refractivity contribution in [2.45, 2.75) is 25.9 Å². The number of amides is 2. The topological polar surface area (TPSA) is 96.0 Å². The van der Waals surface area contributed by atoms with Gasteiger partial charge in [-0.2, -0.15) is 0 Å². The molecule has 2 heterocycles. The van der Waals surface area contributed by atoms with Gasteiger partial charge in [0.15, 0.2) is 11.4 Å². The summed E-state index contributed by atoms with van der Waals surface area (Å²) in [4.78, 5) is 33.2. The van der Waals surface area contributed by atoms with Crippen LogP contribution in [0.2, 0.25) is 0 Å². The molecule has 0 aliphatic carbocycles. The van der Waals surface area contributed by atoms with Crippen LogP contribution in [-0.4, -0.2) is 40.9 Å². The lowest BCUT2D eigenvalue weighted by molar-refractivity contribution is 0.0886. The Bertz CT molecular complexity index is 818. The van der Waals surface area contributed by atoms with E-state index in [9.17, 15) is 14.0 Å². The van der Waals surface area contributed by atoms with Crippen LogP contribution in [0.4, 0.5) is 4.39 Å². The Balaban J connectivity index is 0.00000280. The number of piperidine rings is 1. The summed E-state index contributed by atoms with van der Waals surface area (Å²) < 4.78 is 13.0. The molecule has 7 nitrogen and oxygen atoms in total. The highest BCUT2D eigenvalue weighted by atomic mass is 35.5. The molecule has 2 aromatic rings. The molecule has 1 aliphatic rings. The Kier molecular flexibility index (Phi) is 7.83. The quantitative estimate of drug-likeness (QED) is 0.701. The van der Waals surface area contributed by atoms with Crippen LogP contribution in [-0.2, 0) is 6.54 Å². The first-order chi connectivity index (χ1) is 13.0. The number of nitrogens with zero attached hydrogens (tertiary/aromatic N) is 2. The van der Waals surface area contributed by atoms with E-state index in [-0.39, 0.29) is 42.2 Å². The molecule has 9 heteroatoms. The van der Waals surface area contributed by atoms with E-state index in [0.29, 0.717) is 12.5 Å². The van der Waals surface area contributed by atoms with E-state index in [1.54, 1.807) is 12.1 Å². The average Bonchev–Trinajstić information content (AvgIpc) is 2.69. The van der Waals surface area contributed by atoms with Crippen molar-refractivity contribution in [2.75, 3.05) is 13.1 Å². The second-order valence-corrected chi connectivity index (χ2v) is 6.61. The Labute approximate surface area is 168 Å². The Morgan fingerprint density at radius 3 is 2.43 bits per heavy atom. The monoisotopic (exact) mass is 407 g/mol. The summed E-state index contributed by atoms with van der Waals surface area (Å²) in [5.41, 5.74) is 0.696. The third-order valence-electron chi connectivity index (χ3n) is 4.64. The van der Waals surface area contributed by atoms with Crippen molar-refractivity contribution < 1.29 is 14.0 Å². The van der Waals surface area contributed by atoms with Gasteiger partial charge in [-0.05, 0) is 36.6 Å². The molecule has 28 heavy (non-hydrogen) atoms. The molecule has 3 rings (SSSR count). The highest BCUT2D eigenvalue weighted by molar-refractivity contribution is 6.04. The minimum absolute atomic E-state index is 0. The molecule has 1 fully saturated rings. The highest BCUT2D eigenvalue weighted by Crippen LogP contribution is 2.12. The summed E-state index contributed by atoms with van der Waals surface area (Å²) in [6, 6.07) is 5.78. The summed E-state index contributed by atoms with van der Waals surface area (Å²) in [5, 5.41) is 8.87. The van der Waals surface area contributed by atoms with Gasteiger partial charge < -0.3 is 16.0 Å². The Morgan fingerprint density at radius 2 is 1.79 bits per heavy atom. The fraction of sp³-hybridized carbons (Fsp3) is 0.368. The number of rotatable bonds is 5. The van der Waals surface area contributed by atoms with Gasteiger partial charge in [0.25, 0.3) is 11.8 Å². The van der Waals surface area contributed by atoms with Gasteiger partial charge in [0, 0.05) is 31.5 Å². The van der Waals surface area contributed by atoms with Gasteiger partial charge in [-0.1, -0.05) is 19.1 Å². The standard InChI is InChI=1S/C19H22FN5O2.ClH/c1-12-6-7-21-11-15(12)25-19(27)17-16(22-8-9-23-17)18(26)24-10-13-2-4-14(20)5-3-13;/h2-5,8-9,12,15,21H,6-7,10-11H2,1H3,(H,24,26)(H,25,27);1H. The third kappa shape index (κ3) is 5.46. The van der Waals surface area contributed by atoms with E-state index in [4.69, 9.17) is 0 Å². The number of benzene rings is 1. The fourth-order valence-electron chi connectivity index (χ4n) is 2.96. The molecule has 1 aromatic heterocycles. The third-order valence-corrected chi connectivity index (χ3v) is 4.64. The number of nitrogens with one attached hydrogen (secondary N) is 3. The van der Waals surface area contributed by atoms with Crippen LogP contribution in [0.25, 0.3) is 0 Å². The number of hydrogen-bond acceptors (Lipinski definition) is 5.